The number of benzene rings is 1. The summed E-state index contributed by atoms with van der Waals surface area (Å²) in [6, 6.07) is 6.43. The van der Waals surface area contributed by atoms with Crippen LogP contribution in [0.25, 0.3) is 0 Å². The second-order valence-electron chi connectivity index (χ2n) is 5.42. The Balaban J connectivity index is 1.71. The molecular formula is C14H19FN2O3S. The Morgan fingerprint density at radius 1 is 1.14 bits per heavy atom. The van der Waals surface area contributed by atoms with Crippen LogP contribution in [0.3, 0.4) is 0 Å². The fraction of sp³-hybridized carbons (Fsp3) is 0.571. The van der Waals surface area contributed by atoms with Gasteiger partial charge in [0.15, 0.2) is 0 Å². The first kappa shape index (κ1) is 14.9. The molecule has 0 N–H and O–H groups in total. The van der Waals surface area contributed by atoms with Gasteiger partial charge in [0.2, 0.25) is 0 Å². The third-order valence-corrected chi connectivity index (χ3v) is 6.10. The maximum Gasteiger partial charge on any atom is 0.282 e. The van der Waals surface area contributed by atoms with E-state index in [1.54, 1.807) is 6.07 Å². The van der Waals surface area contributed by atoms with Crippen molar-refractivity contribution in [1.82, 2.24) is 8.61 Å². The topological polar surface area (TPSA) is 49.9 Å². The van der Waals surface area contributed by atoms with Crippen molar-refractivity contribution in [2.24, 2.45) is 0 Å². The molecule has 2 saturated heterocycles. The van der Waals surface area contributed by atoms with Crippen molar-refractivity contribution in [3.05, 3.63) is 35.6 Å². The number of morpholine rings is 1. The molecule has 5 nitrogen and oxygen atoms in total. The Kier molecular flexibility index (Phi) is 4.26. The van der Waals surface area contributed by atoms with E-state index in [0.717, 1.165) is 12.0 Å². The van der Waals surface area contributed by atoms with Crippen molar-refractivity contribution in [2.45, 2.75) is 12.3 Å². The lowest BCUT2D eigenvalue weighted by molar-refractivity contribution is 0.0706. The third kappa shape index (κ3) is 3.11. The fourth-order valence-corrected chi connectivity index (χ4v) is 4.55. The molecule has 0 aromatic heterocycles. The van der Waals surface area contributed by atoms with E-state index in [0.29, 0.717) is 39.4 Å². The number of hydrogen-bond acceptors (Lipinski definition) is 3. The Labute approximate surface area is 124 Å². The maximum atomic E-state index is 13.3. The van der Waals surface area contributed by atoms with E-state index < -0.39 is 10.2 Å². The molecule has 0 amide bonds. The van der Waals surface area contributed by atoms with Gasteiger partial charge in [-0.3, -0.25) is 0 Å². The quantitative estimate of drug-likeness (QED) is 0.842. The summed E-state index contributed by atoms with van der Waals surface area (Å²) in [4.78, 5) is 0. The molecule has 0 saturated carbocycles. The Morgan fingerprint density at radius 3 is 2.62 bits per heavy atom. The summed E-state index contributed by atoms with van der Waals surface area (Å²) in [6.07, 6.45) is 0.729. The molecule has 21 heavy (non-hydrogen) atoms. The molecule has 0 radical (unpaired) electrons. The molecule has 1 aromatic carbocycles. The van der Waals surface area contributed by atoms with E-state index >= 15 is 0 Å². The van der Waals surface area contributed by atoms with Gasteiger partial charge in [0.1, 0.15) is 5.82 Å². The van der Waals surface area contributed by atoms with Gasteiger partial charge in [0.05, 0.1) is 13.2 Å². The van der Waals surface area contributed by atoms with E-state index in [4.69, 9.17) is 4.74 Å². The molecule has 2 heterocycles. The standard InChI is InChI=1S/C14H19FN2O3S/c15-14-3-1-2-12(10-14)13-4-5-17(11-13)21(18,19)16-6-8-20-9-7-16/h1-3,10,13H,4-9,11H2. The largest absolute Gasteiger partial charge is 0.379 e. The van der Waals surface area contributed by atoms with Crippen LogP contribution in [-0.4, -0.2) is 56.4 Å². The zero-order valence-corrected chi connectivity index (χ0v) is 12.6. The van der Waals surface area contributed by atoms with Crippen LogP contribution in [0.1, 0.15) is 17.9 Å². The van der Waals surface area contributed by atoms with Crippen molar-refractivity contribution in [3.63, 3.8) is 0 Å². The molecule has 7 heteroatoms. The van der Waals surface area contributed by atoms with Crippen LogP contribution in [0.5, 0.6) is 0 Å². The lowest BCUT2D eigenvalue weighted by Gasteiger charge is -2.30. The summed E-state index contributed by atoms with van der Waals surface area (Å²) >= 11 is 0. The van der Waals surface area contributed by atoms with Crippen LogP contribution < -0.4 is 0 Å². The van der Waals surface area contributed by atoms with Crippen LogP contribution in [0.15, 0.2) is 24.3 Å². The predicted molar refractivity (Wildman–Crippen MR) is 76.6 cm³/mol. The van der Waals surface area contributed by atoms with Gasteiger partial charge in [-0.15, -0.1) is 0 Å². The van der Waals surface area contributed by atoms with Gasteiger partial charge < -0.3 is 4.74 Å². The number of rotatable bonds is 3. The van der Waals surface area contributed by atoms with E-state index in [-0.39, 0.29) is 11.7 Å². The summed E-state index contributed by atoms with van der Waals surface area (Å²) in [5.74, 6) is -0.210. The minimum absolute atomic E-state index is 0.0662. The SMILES string of the molecule is O=S(=O)(N1CCOCC1)N1CCC(c2cccc(F)c2)C1. The first-order valence-electron chi connectivity index (χ1n) is 7.16. The lowest BCUT2D eigenvalue weighted by atomic mass is 9.99. The number of halogens is 1. The number of nitrogens with zero attached hydrogens (tertiary/aromatic N) is 2. The van der Waals surface area contributed by atoms with Gasteiger partial charge in [-0.2, -0.15) is 17.0 Å². The molecule has 2 aliphatic rings. The van der Waals surface area contributed by atoms with Crippen molar-refractivity contribution in [1.29, 1.82) is 0 Å². The van der Waals surface area contributed by atoms with E-state index in [1.807, 2.05) is 6.07 Å². The zero-order chi connectivity index (χ0) is 14.9. The molecule has 116 valence electrons. The summed E-state index contributed by atoms with van der Waals surface area (Å²) in [7, 11) is -3.42. The van der Waals surface area contributed by atoms with Gasteiger partial charge in [-0.25, -0.2) is 4.39 Å². The average molecular weight is 314 g/mol. The van der Waals surface area contributed by atoms with Gasteiger partial charge in [-0.1, -0.05) is 12.1 Å². The molecule has 0 spiro atoms. The highest BCUT2D eigenvalue weighted by Gasteiger charge is 2.36. The smallest absolute Gasteiger partial charge is 0.282 e. The first-order valence-corrected chi connectivity index (χ1v) is 8.55. The molecular weight excluding hydrogens is 295 g/mol. The van der Waals surface area contributed by atoms with Crippen LogP contribution in [0.2, 0.25) is 0 Å². The van der Waals surface area contributed by atoms with E-state index in [9.17, 15) is 12.8 Å². The highest BCUT2D eigenvalue weighted by Crippen LogP contribution is 2.30. The van der Waals surface area contributed by atoms with Crippen molar-refractivity contribution in [3.8, 4) is 0 Å². The monoisotopic (exact) mass is 314 g/mol. The van der Waals surface area contributed by atoms with E-state index in [1.165, 1.54) is 20.7 Å². The minimum Gasteiger partial charge on any atom is -0.379 e. The van der Waals surface area contributed by atoms with Crippen molar-refractivity contribution >= 4 is 10.2 Å². The normalized spacial score (nSPS) is 25.3. The third-order valence-electron chi connectivity index (χ3n) is 4.09. The van der Waals surface area contributed by atoms with Crippen LogP contribution >= 0.6 is 0 Å². The Morgan fingerprint density at radius 2 is 1.90 bits per heavy atom. The minimum atomic E-state index is -3.42. The van der Waals surface area contributed by atoms with Crippen LogP contribution in [-0.2, 0) is 14.9 Å². The summed E-state index contributed by atoms with van der Waals surface area (Å²) in [5.41, 5.74) is 0.870. The zero-order valence-electron chi connectivity index (χ0n) is 11.7. The van der Waals surface area contributed by atoms with E-state index in [2.05, 4.69) is 0 Å². The molecule has 2 aliphatic heterocycles. The molecule has 0 bridgehead atoms. The van der Waals surface area contributed by atoms with Crippen LogP contribution in [0, 0.1) is 5.82 Å². The summed E-state index contributed by atoms with van der Waals surface area (Å²) in [5, 5.41) is 0. The number of ether oxygens (including phenoxy) is 1. The van der Waals surface area contributed by atoms with Crippen molar-refractivity contribution < 1.29 is 17.5 Å². The van der Waals surface area contributed by atoms with Crippen molar-refractivity contribution in [2.75, 3.05) is 39.4 Å². The molecule has 1 atom stereocenters. The molecule has 2 fully saturated rings. The summed E-state index contributed by atoms with van der Waals surface area (Å²) < 4.78 is 46.6. The Bertz CT molecular complexity index is 602. The van der Waals surface area contributed by atoms with Gasteiger partial charge in [0.25, 0.3) is 10.2 Å². The maximum absolute atomic E-state index is 13.3. The molecule has 1 unspecified atom stereocenters. The van der Waals surface area contributed by atoms with Gasteiger partial charge in [-0.05, 0) is 30.0 Å². The fourth-order valence-electron chi connectivity index (χ4n) is 2.91. The second-order valence-corrected chi connectivity index (χ2v) is 7.35. The predicted octanol–water partition coefficient (Wildman–Crippen LogP) is 1.19. The number of hydrogen-bond donors (Lipinski definition) is 0. The highest BCUT2D eigenvalue weighted by atomic mass is 32.2. The van der Waals surface area contributed by atoms with Gasteiger partial charge in [0, 0.05) is 26.2 Å². The lowest BCUT2D eigenvalue weighted by Crippen LogP contribution is -2.47. The highest BCUT2D eigenvalue weighted by molar-refractivity contribution is 7.86. The molecule has 1 aromatic rings. The summed E-state index contributed by atoms with van der Waals surface area (Å²) in [6.45, 7) is 2.61. The average Bonchev–Trinajstić information content (AvgIpc) is 2.99. The molecule has 0 aliphatic carbocycles. The molecule has 3 rings (SSSR count). The first-order chi connectivity index (χ1) is 10.1. The van der Waals surface area contributed by atoms with Crippen LogP contribution in [0.4, 0.5) is 4.39 Å². The second kappa shape index (κ2) is 6.00. The van der Waals surface area contributed by atoms with Gasteiger partial charge >= 0.3 is 0 Å². The Hall–Kier alpha value is -1.02.